The monoisotopic (exact) mass is 434 g/mol. The standard InChI is InChI=1S/C22H30N2O5S/c1-30(27,28)13-8-21(26)24-11-9-22(10-12-24)15-16(14-20(25)23-17-6-7-17)18-4-2-3-5-19(18)29-22/h2-5,16-17H,6-15H2,1H3,(H,23,25). The average molecular weight is 435 g/mol. The lowest BCUT2D eigenvalue weighted by molar-refractivity contribution is -0.134. The van der Waals surface area contributed by atoms with Crippen LogP contribution in [0.15, 0.2) is 24.3 Å². The fourth-order valence-electron chi connectivity index (χ4n) is 4.57. The van der Waals surface area contributed by atoms with E-state index in [1.165, 1.54) is 0 Å². The molecular weight excluding hydrogens is 404 g/mol. The van der Waals surface area contributed by atoms with E-state index >= 15 is 0 Å². The maximum atomic E-state index is 12.5. The Morgan fingerprint density at radius 3 is 2.57 bits per heavy atom. The van der Waals surface area contributed by atoms with Gasteiger partial charge in [0.05, 0.1) is 5.75 Å². The highest BCUT2D eigenvalue weighted by atomic mass is 32.2. The molecule has 2 fully saturated rings. The predicted molar refractivity (Wildman–Crippen MR) is 113 cm³/mol. The van der Waals surface area contributed by atoms with Gasteiger partial charge in [0, 0.05) is 57.0 Å². The highest BCUT2D eigenvalue weighted by Crippen LogP contribution is 2.46. The van der Waals surface area contributed by atoms with Crippen LogP contribution in [-0.2, 0) is 19.4 Å². The Balaban J connectivity index is 1.42. The molecule has 1 atom stereocenters. The normalized spacial score (nSPS) is 22.8. The molecule has 0 radical (unpaired) electrons. The van der Waals surface area contributed by atoms with Crippen LogP contribution in [-0.4, -0.2) is 61.9 Å². The van der Waals surface area contributed by atoms with Crippen LogP contribution in [0, 0.1) is 0 Å². The van der Waals surface area contributed by atoms with Gasteiger partial charge in [0.15, 0.2) is 0 Å². The molecule has 1 aliphatic carbocycles. The van der Waals surface area contributed by atoms with Crippen molar-refractivity contribution >= 4 is 21.7 Å². The molecular formula is C22H30N2O5S. The molecule has 1 saturated heterocycles. The summed E-state index contributed by atoms with van der Waals surface area (Å²) in [6.07, 6.45) is 5.91. The van der Waals surface area contributed by atoms with E-state index in [-0.39, 0.29) is 35.5 Å². The molecule has 0 bridgehead atoms. The minimum atomic E-state index is -3.15. The van der Waals surface area contributed by atoms with Gasteiger partial charge in [0.2, 0.25) is 11.8 Å². The number of para-hydroxylation sites is 1. The van der Waals surface area contributed by atoms with E-state index in [1.54, 1.807) is 4.90 Å². The Morgan fingerprint density at radius 2 is 1.90 bits per heavy atom. The molecule has 164 valence electrons. The second-order valence-corrected chi connectivity index (χ2v) is 11.3. The summed E-state index contributed by atoms with van der Waals surface area (Å²) in [5.41, 5.74) is 0.702. The van der Waals surface area contributed by atoms with Crippen LogP contribution in [0.25, 0.3) is 0 Å². The summed E-state index contributed by atoms with van der Waals surface area (Å²) in [5.74, 6) is 0.802. The quantitative estimate of drug-likeness (QED) is 0.739. The summed E-state index contributed by atoms with van der Waals surface area (Å²) in [5, 5.41) is 3.09. The third kappa shape index (κ3) is 5.14. The number of rotatable bonds is 6. The van der Waals surface area contributed by atoms with Crippen molar-refractivity contribution in [3.8, 4) is 5.75 Å². The summed E-state index contributed by atoms with van der Waals surface area (Å²) in [7, 11) is -3.15. The number of ether oxygens (including phenoxy) is 1. The van der Waals surface area contributed by atoms with Crippen molar-refractivity contribution in [2.45, 2.75) is 62.5 Å². The van der Waals surface area contributed by atoms with Gasteiger partial charge in [-0.3, -0.25) is 9.59 Å². The SMILES string of the molecule is CS(=O)(=O)CCC(=O)N1CCC2(CC1)CC(CC(=O)NC1CC1)c1ccccc1O2. The van der Waals surface area contributed by atoms with Crippen LogP contribution in [0.5, 0.6) is 5.75 Å². The third-order valence-corrected chi connectivity index (χ3v) is 7.34. The summed E-state index contributed by atoms with van der Waals surface area (Å²) < 4.78 is 29.1. The first kappa shape index (κ1) is 21.2. The van der Waals surface area contributed by atoms with Gasteiger partial charge in [0.25, 0.3) is 0 Å². The van der Waals surface area contributed by atoms with Gasteiger partial charge < -0.3 is 15.0 Å². The van der Waals surface area contributed by atoms with E-state index in [0.717, 1.165) is 36.8 Å². The van der Waals surface area contributed by atoms with Crippen LogP contribution >= 0.6 is 0 Å². The lowest BCUT2D eigenvalue weighted by Crippen LogP contribution is -2.52. The Morgan fingerprint density at radius 1 is 1.20 bits per heavy atom. The molecule has 2 amide bonds. The van der Waals surface area contributed by atoms with Gasteiger partial charge in [-0.25, -0.2) is 8.42 Å². The van der Waals surface area contributed by atoms with Gasteiger partial charge >= 0.3 is 0 Å². The van der Waals surface area contributed by atoms with Crippen molar-refractivity contribution in [3.05, 3.63) is 29.8 Å². The third-order valence-electron chi connectivity index (χ3n) is 6.39. The zero-order chi connectivity index (χ0) is 21.4. The van der Waals surface area contributed by atoms with Gasteiger partial charge in [-0.2, -0.15) is 0 Å². The Bertz CT molecular complexity index is 917. The summed E-state index contributed by atoms with van der Waals surface area (Å²) in [6.45, 7) is 1.09. The molecule has 1 unspecified atom stereocenters. The summed E-state index contributed by atoms with van der Waals surface area (Å²) in [6, 6.07) is 8.29. The van der Waals surface area contributed by atoms with Crippen LogP contribution in [0.3, 0.4) is 0 Å². The van der Waals surface area contributed by atoms with E-state index in [1.807, 2.05) is 24.3 Å². The molecule has 0 aromatic heterocycles. The van der Waals surface area contributed by atoms with Crippen molar-refractivity contribution in [2.75, 3.05) is 25.1 Å². The number of sulfone groups is 1. The number of nitrogens with zero attached hydrogens (tertiary/aromatic N) is 1. The lowest BCUT2D eigenvalue weighted by Gasteiger charge is -2.47. The molecule has 2 heterocycles. The maximum Gasteiger partial charge on any atom is 0.223 e. The highest BCUT2D eigenvalue weighted by molar-refractivity contribution is 7.90. The van der Waals surface area contributed by atoms with E-state index in [0.29, 0.717) is 38.4 Å². The molecule has 7 nitrogen and oxygen atoms in total. The number of hydrogen-bond donors (Lipinski definition) is 1. The van der Waals surface area contributed by atoms with Crippen molar-refractivity contribution in [1.82, 2.24) is 10.2 Å². The van der Waals surface area contributed by atoms with Gasteiger partial charge in [0.1, 0.15) is 21.2 Å². The van der Waals surface area contributed by atoms with Crippen molar-refractivity contribution in [3.63, 3.8) is 0 Å². The zero-order valence-electron chi connectivity index (χ0n) is 17.4. The molecule has 1 N–H and O–H groups in total. The molecule has 1 spiro atoms. The van der Waals surface area contributed by atoms with E-state index in [2.05, 4.69) is 5.32 Å². The largest absolute Gasteiger partial charge is 0.487 e. The molecule has 8 heteroatoms. The molecule has 4 rings (SSSR count). The molecule has 3 aliphatic rings. The van der Waals surface area contributed by atoms with Crippen LogP contribution in [0.4, 0.5) is 0 Å². The fourth-order valence-corrected chi connectivity index (χ4v) is 5.11. The topological polar surface area (TPSA) is 92.8 Å². The Hall–Kier alpha value is -2.09. The van der Waals surface area contributed by atoms with Crippen LogP contribution in [0.1, 0.15) is 56.4 Å². The first-order valence-corrected chi connectivity index (χ1v) is 12.8. The second kappa shape index (κ2) is 8.21. The number of amides is 2. The molecule has 1 aromatic carbocycles. The van der Waals surface area contributed by atoms with E-state index in [4.69, 9.17) is 4.74 Å². The zero-order valence-corrected chi connectivity index (χ0v) is 18.2. The highest BCUT2D eigenvalue weighted by Gasteiger charge is 2.44. The summed E-state index contributed by atoms with van der Waals surface area (Å²) >= 11 is 0. The maximum absolute atomic E-state index is 12.5. The number of likely N-dealkylation sites (tertiary alicyclic amines) is 1. The predicted octanol–water partition coefficient (Wildman–Crippen LogP) is 2.02. The number of benzene rings is 1. The Labute approximate surface area is 178 Å². The number of piperidine rings is 1. The van der Waals surface area contributed by atoms with Crippen LogP contribution < -0.4 is 10.1 Å². The van der Waals surface area contributed by atoms with E-state index in [9.17, 15) is 18.0 Å². The van der Waals surface area contributed by atoms with Gasteiger partial charge in [-0.15, -0.1) is 0 Å². The number of carbonyl (C=O) groups excluding carboxylic acids is 2. The van der Waals surface area contributed by atoms with Crippen molar-refractivity contribution < 1.29 is 22.7 Å². The van der Waals surface area contributed by atoms with Crippen molar-refractivity contribution in [1.29, 1.82) is 0 Å². The van der Waals surface area contributed by atoms with Gasteiger partial charge in [-0.1, -0.05) is 18.2 Å². The number of carbonyl (C=O) groups is 2. The molecule has 1 aromatic rings. The lowest BCUT2D eigenvalue weighted by atomic mass is 9.76. The molecule has 30 heavy (non-hydrogen) atoms. The minimum absolute atomic E-state index is 0.0273. The first-order valence-electron chi connectivity index (χ1n) is 10.8. The van der Waals surface area contributed by atoms with E-state index < -0.39 is 9.84 Å². The fraction of sp³-hybridized carbons (Fsp3) is 0.636. The van der Waals surface area contributed by atoms with Crippen LogP contribution in [0.2, 0.25) is 0 Å². The average Bonchev–Trinajstić information content (AvgIpc) is 3.50. The van der Waals surface area contributed by atoms with Crippen molar-refractivity contribution in [2.24, 2.45) is 0 Å². The number of nitrogens with one attached hydrogen (secondary N) is 1. The second-order valence-electron chi connectivity index (χ2n) is 9.03. The molecule has 2 aliphatic heterocycles. The summed E-state index contributed by atoms with van der Waals surface area (Å²) in [4.78, 5) is 26.6. The number of fused-ring (bicyclic) bond motifs is 1. The molecule has 1 saturated carbocycles. The Kier molecular flexibility index (Phi) is 5.79. The minimum Gasteiger partial charge on any atom is -0.487 e. The first-order chi connectivity index (χ1) is 14.2. The van der Waals surface area contributed by atoms with Gasteiger partial charge in [-0.05, 0) is 30.9 Å². The number of hydrogen-bond acceptors (Lipinski definition) is 5. The smallest absolute Gasteiger partial charge is 0.223 e.